The van der Waals surface area contributed by atoms with Crippen LogP contribution in [0.3, 0.4) is 0 Å². The molecule has 2 heteroatoms. The summed E-state index contributed by atoms with van der Waals surface area (Å²) in [6.45, 7) is 7.50. The third-order valence-electron chi connectivity index (χ3n) is 3.40. The third kappa shape index (κ3) is 1.64. The van der Waals surface area contributed by atoms with E-state index in [1.54, 1.807) is 0 Å². The largest absolute Gasteiger partial charge is 0.304 e. The zero-order chi connectivity index (χ0) is 8.55. The second-order valence-corrected chi connectivity index (χ2v) is 4.57. The zero-order valence-corrected chi connectivity index (χ0v) is 8.29. The standard InChI is InChI=1S/C10H20N2/c1-9-7-10(8-9)12-5-3-11(2)4-6-12/h9-10H,3-8H2,1-2H3. The Labute approximate surface area is 75.5 Å². The second kappa shape index (κ2) is 3.35. The third-order valence-corrected chi connectivity index (χ3v) is 3.40. The minimum absolute atomic E-state index is 0.939. The first-order valence-corrected chi connectivity index (χ1v) is 5.18. The molecule has 0 unspecified atom stereocenters. The fourth-order valence-corrected chi connectivity index (χ4v) is 2.35. The molecule has 0 aromatic carbocycles. The predicted octanol–water partition coefficient (Wildman–Crippen LogP) is 1.03. The lowest BCUT2D eigenvalue weighted by atomic mass is 9.80. The van der Waals surface area contributed by atoms with Crippen LogP contribution in [0.1, 0.15) is 19.8 Å². The molecule has 0 radical (unpaired) electrons. The van der Waals surface area contributed by atoms with Gasteiger partial charge in [-0.1, -0.05) is 6.92 Å². The van der Waals surface area contributed by atoms with Crippen molar-refractivity contribution in [2.75, 3.05) is 33.2 Å². The lowest BCUT2D eigenvalue weighted by Crippen LogP contribution is -2.52. The van der Waals surface area contributed by atoms with E-state index in [2.05, 4.69) is 23.8 Å². The van der Waals surface area contributed by atoms with Gasteiger partial charge in [0.1, 0.15) is 0 Å². The molecule has 0 N–H and O–H groups in total. The highest BCUT2D eigenvalue weighted by molar-refractivity contribution is 4.86. The number of hydrogen-bond donors (Lipinski definition) is 0. The van der Waals surface area contributed by atoms with Crippen LogP contribution in [0.5, 0.6) is 0 Å². The molecule has 2 nitrogen and oxygen atoms in total. The SMILES string of the molecule is CC1CC(N2CCN(C)CC2)C1. The molecule has 1 aliphatic heterocycles. The van der Waals surface area contributed by atoms with Gasteiger partial charge in [-0.05, 0) is 25.8 Å². The average Bonchev–Trinajstić information content (AvgIpc) is 2.01. The molecule has 2 fully saturated rings. The van der Waals surface area contributed by atoms with Gasteiger partial charge in [-0.25, -0.2) is 0 Å². The molecule has 0 spiro atoms. The van der Waals surface area contributed by atoms with E-state index in [1.807, 2.05) is 0 Å². The maximum Gasteiger partial charge on any atom is 0.0113 e. The van der Waals surface area contributed by atoms with E-state index >= 15 is 0 Å². The first kappa shape index (κ1) is 8.52. The van der Waals surface area contributed by atoms with Crippen molar-refractivity contribution in [3.05, 3.63) is 0 Å². The van der Waals surface area contributed by atoms with E-state index in [9.17, 15) is 0 Å². The fraction of sp³-hybridized carbons (Fsp3) is 1.00. The Morgan fingerprint density at radius 1 is 1.00 bits per heavy atom. The van der Waals surface area contributed by atoms with Crippen LogP contribution >= 0.6 is 0 Å². The van der Waals surface area contributed by atoms with Crippen molar-refractivity contribution in [2.24, 2.45) is 5.92 Å². The van der Waals surface area contributed by atoms with Crippen LogP contribution in [0.2, 0.25) is 0 Å². The highest BCUT2D eigenvalue weighted by Gasteiger charge is 2.31. The summed E-state index contributed by atoms with van der Waals surface area (Å²) < 4.78 is 0. The molecule has 1 saturated heterocycles. The van der Waals surface area contributed by atoms with Crippen molar-refractivity contribution in [1.29, 1.82) is 0 Å². The van der Waals surface area contributed by atoms with Crippen LogP contribution in [0.4, 0.5) is 0 Å². The molecule has 2 aliphatic rings. The van der Waals surface area contributed by atoms with E-state index in [4.69, 9.17) is 0 Å². The highest BCUT2D eigenvalue weighted by atomic mass is 15.3. The topological polar surface area (TPSA) is 6.48 Å². The first-order chi connectivity index (χ1) is 5.75. The summed E-state index contributed by atoms with van der Waals surface area (Å²) in [5.41, 5.74) is 0. The molecule has 0 atom stereocenters. The zero-order valence-electron chi connectivity index (χ0n) is 8.29. The van der Waals surface area contributed by atoms with Crippen molar-refractivity contribution in [1.82, 2.24) is 9.80 Å². The summed E-state index contributed by atoms with van der Waals surface area (Å²) in [6, 6.07) is 0.939. The number of nitrogens with zero attached hydrogens (tertiary/aromatic N) is 2. The van der Waals surface area contributed by atoms with Crippen LogP contribution in [0.25, 0.3) is 0 Å². The van der Waals surface area contributed by atoms with Gasteiger partial charge in [-0.2, -0.15) is 0 Å². The summed E-state index contributed by atoms with van der Waals surface area (Å²) in [4.78, 5) is 5.11. The van der Waals surface area contributed by atoms with Crippen molar-refractivity contribution in [3.63, 3.8) is 0 Å². The fourth-order valence-electron chi connectivity index (χ4n) is 2.35. The summed E-state index contributed by atoms with van der Waals surface area (Å²) in [6.07, 6.45) is 2.90. The van der Waals surface area contributed by atoms with Gasteiger partial charge in [-0.3, -0.25) is 4.90 Å². The van der Waals surface area contributed by atoms with Gasteiger partial charge in [0.15, 0.2) is 0 Å². The molecule has 0 aromatic rings. The second-order valence-electron chi connectivity index (χ2n) is 4.57. The van der Waals surface area contributed by atoms with Gasteiger partial charge < -0.3 is 4.90 Å². The van der Waals surface area contributed by atoms with Gasteiger partial charge in [0.25, 0.3) is 0 Å². The minimum atomic E-state index is 0.939. The molecular formula is C10H20N2. The van der Waals surface area contributed by atoms with Crippen LogP contribution in [-0.4, -0.2) is 49.1 Å². The van der Waals surface area contributed by atoms with Gasteiger partial charge in [0.05, 0.1) is 0 Å². The molecule has 2 rings (SSSR count). The van der Waals surface area contributed by atoms with Crippen molar-refractivity contribution in [2.45, 2.75) is 25.8 Å². The Hall–Kier alpha value is -0.0800. The van der Waals surface area contributed by atoms with Crippen molar-refractivity contribution >= 4 is 0 Å². The van der Waals surface area contributed by atoms with Gasteiger partial charge in [0.2, 0.25) is 0 Å². The Balaban J connectivity index is 1.75. The quantitative estimate of drug-likeness (QED) is 0.577. The number of rotatable bonds is 1. The van der Waals surface area contributed by atoms with E-state index in [0.717, 1.165) is 12.0 Å². The Bertz CT molecular complexity index is 144. The number of hydrogen-bond acceptors (Lipinski definition) is 2. The maximum absolute atomic E-state index is 2.68. The van der Waals surface area contributed by atoms with Crippen LogP contribution in [0.15, 0.2) is 0 Å². The Morgan fingerprint density at radius 3 is 2.08 bits per heavy atom. The average molecular weight is 168 g/mol. The maximum atomic E-state index is 2.68. The predicted molar refractivity (Wildman–Crippen MR) is 51.3 cm³/mol. The molecular weight excluding hydrogens is 148 g/mol. The molecule has 1 aliphatic carbocycles. The first-order valence-electron chi connectivity index (χ1n) is 5.18. The van der Waals surface area contributed by atoms with E-state index < -0.39 is 0 Å². The summed E-state index contributed by atoms with van der Waals surface area (Å²) in [5, 5.41) is 0. The molecule has 1 heterocycles. The molecule has 70 valence electrons. The van der Waals surface area contributed by atoms with Crippen LogP contribution in [0, 0.1) is 5.92 Å². The van der Waals surface area contributed by atoms with Gasteiger partial charge >= 0.3 is 0 Å². The summed E-state index contributed by atoms with van der Waals surface area (Å²) in [5.74, 6) is 0.995. The Morgan fingerprint density at radius 2 is 1.58 bits per heavy atom. The number of likely N-dealkylation sites (N-methyl/N-ethyl adjacent to an activating group) is 1. The minimum Gasteiger partial charge on any atom is -0.304 e. The Kier molecular flexibility index (Phi) is 2.37. The van der Waals surface area contributed by atoms with Gasteiger partial charge in [-0.15, -0.1) is 0 Å². The molecule has 0 bridgehead atoms. The molecule has 0 amide bonds. The van der Waals surface area contributed by atoms with E-state index in [-0.39, 0.29) is 0 Å². The van der Waals surface area contributed by atoms with Crippen LogP contribution < -0.4 is 0 Å². The molecule has 0 aromatic heterocycles. The summed E-state index contributed by atoms with van der Waals surface area (Å²) >= 11 is 0. The lowest BCUT2D eigenvalue weighted by molar-refractivity contribution is 0.0457. The highest BCUT2D eigenvalue weighted by Crippen LogP contribution is 2.31. The summed E-state index contributed by atoms with van der Waals surface area (Å²) in [7, 11) is 2.22. The normalized spacial score (nSPS) is 39.5. The molecule has 12 heavy (non-hydrogen) atoms. The van der Waals surface area contributed by atoms with E-state index in [0.29, 0.717) is 0 Å². The monoisotopic (exact) mass is 168 g/mol. The number of piperazine rings is 1. The van der Waals surface area contributed by atoms with Crippen LogP contribution in [-0.2, 0) is 0 Å². The van der Waals surface area contributed by atoms with Gasteiger partial charge in [0, 0.05) is 32.2 Å². The molecule has 1 saturated carbocycles. The smallest absolute Gasteiger partial charge is 0.0113 e. The lowest BCUT2D eigenvalue weighted by Gasteiger charge is -2.45. The van der Waals surface area contributed by atoms with Crippen molar-refractivity contribution in [3.8, 4) is 0 Å². The van der Waals surface area contributed by atoms with E-state index in [1.165, 1.54) is 39.0 Å². The van der Waals surface area contributed by atoms with Crippen molar-refractivity contribution < 1.29 is 0 Å².